The van der Waals surface area contributed by atoms with E-state index in [1.165, 1.54) is 0 Å². The van der Waals surface area contributed by atoms with Crippen LogP contribution in [0, 0.1) is 0 Å². The zero-order chi connectivity index (χ0) is 9.14. The highest BCUT2D eigenvalue weighted by Crippen LogP contribution is 2.24. The summed E-state index contributed by atoms with van der Waals surface area (Å²) >= 11 is 11.4. The predicted octanol–water partition coefficient (Wildman–Crippen LogP) is 3.91. The highest BCUT2D eigenvalue weighted by Gasteiger charge is 2.01. The lowest BCUT2D eigenvalue weighted by Gasteiger charge is -2.00. The Kier molecular flexibility index (Phi) is 3.01. The molecule has 1 rings (SSSR count). The molecule has 0 amide bonds. The van der Waals surface area contributed by atoms with Gasteiger partial charge in [0.2, 0.25) is 0 Å². The first-order chi connectivity index (χ1) is 5.65. The number of hydrogen-bond donors (Lipinski definition) is 1. The summed E-state index contributed by atoms with van der Waals surface area (Å²) in [5.74, 6) is 0.202. The molecule has 0 unspecified atom stereocenters. The summed E-state index contributed by atoms with van der Waals surface area (Å²) in [4.78, 5) is 0. The van der Waals surface area contributed by atoms with E-state index < -0.39 is 0 Å². The van der Waals surface area contributed by atoms with Crippen LogP contribution in [0.15, 0.2) is 24.3 Å². The van der Waals surface area contributed by atoms with Gasteiger partial charge in [-0.3, -0.25) is 0 Å². The molecule has 0 saturated heterocycles. The standard InChI is InChI=1S/C9H8Cl2O/c1-2-9(12)6-3-4-7(10)8(11)5-6/h2-5,12H,1H3. The third-order valence-electron chi connectivity index (χ3n) is 1.49. The maximum atomic E-state index is 9.30. The molecule has 12 heavy (non-hydrogen) atoms. The van der Waals surface area contributed by atoms with Gasteiger partial charge in [0.15, 0.2) is 0 Å². The minimum absolute atomic E-state index is 0.202. The van der Waals surface area contributed by atoms with Crippen LogP contribution in [-0.4, -0.2) is 5.11 Å². The summed E-state index contributed by atoms with van der Waals surface area (Å²) in [6.07, 6.45) is 1.60. The van der Waals surface area contributed by atoms with Crippen molar-refractivity contribution in [1.29, 1.82) is 0 Å². The van der Waals surface area contributed by atoms with Crippen molar-refractivity contribution >= 4 is 29.0 Å². The summed E-state index contributed by atoms with van der Waals surface area (Å²) in [6.45, 7) is 1.75. The molecule has 0 spiro atoms. The zero-order valence-electron chi connectivity index (χ0n) is 6.51. The molecule has 1 aromatic carbocycles. The van der Waals surface area contributed by atoms with Crippen molar-refractivity contribution in [1.82, 2.24) is 0 Å². The molecule has 0 bridgehead atoms. The van der Waals surface area contributed by atoms with Gasteiger partial charge >= 0.3 is 0 Å². The van der Waals surface area contributed by atoms with Crippen LogP contribution in [0.4, 0.5) is 0 Å². The third-order valence-corrected chi connectivity index (χ3v) is 2.23. The smallest absolute Gasteiger partial charge is 0.118 e. The average Bonchev–Trinajstić information content (AvgIpc) is 2.08. The minimum atomic E-state index is 0.202. The van der Waals surface area contributed by atoms with E-state index in [9.17, 15) is 5.11 Å². The lowest BCUT2D eigenvalue weighted by molar-refractivity contribution is 0.511. The average molecular weight is 203 g/mol. The number of allylic oxidation sites excluding steroid dienone is 1. The van der Waals surface area contributed by atoms with Crippen LogP contribution in [0.3, 0.4) is 0 Å². The van der Waals surface area contributed by atoms with E-state index in [-0.39, 0.29) is 5.76 Å². The predicted molar refractivity (Wildman–Crippen MR) is 52.7 cm³/mol. The second-order valence-electron chi connectivity index (χ2n) is 2.30. The van der Waals surface area contributed by atoms with Gasteiger partial charge < -0.3 is 5.11 Å². The van der Waals surface area contributed by atoms with E-state index in [4.69, 9.17) is 23.2 Å². The van der Waals surface area contributed by atoms with E-state index >= 15 is 0 Å². The highest BCUT2D eigenvalue weighted by molar-refractivity contribution is 6.42. The molecular weight excluding hydrogens is 195 g/mol. The molecule has 1 nitrogen and oxygen atoms in total. The quantitative estimate of drug-likeness (QED) is 0.686. The number of aliphatic hydroxyl groups excluding tert-OH is 1. The summed E-state index contributed by atoms with van der Waals surface area (Å²) in [5.41, 5.74) is 0.673. The van der Waals surface area contributed by atoms with Crippen LogP contribution in [0.2, 0.25) is 10.0 Å². The fraction of sp³-hybridized carbons (Fsp3) is 0.111. The Balaban J connectivity index is 3.13. The first-order valence-electron chi connectivity index (χ1n) is 3.46. The van der Waals surface area contributed by atoms with Crippen molar-refractivity contribution in [3.8, 4) is 0 Å². The fourth-order valence-corrected chi connectivity index (χ4v) is 1.12. The SMILES string of the molecule is CC=C(O)c1ccc(Cl)c(Cl)c1. The van der Waals surface area contributed by atoms with E-state index in [1.807, 2.05) is 0 Å². The van der Waals surface area contributed by atoms with Crippen LogP contribution in [-0.2, 0) is 0 Å². The molecule has 64 valence electrons. The first kappa shape index (κ1) is 9.43. The molecule has 1 aromatic rings. The van der Waals surface area contributed by atoms with Gasteiger partial charge in [-0.15, -0.1) is 0 Å². The Morgan fingerprint density at radius 1 is 1.33 bits per heavy atom. The number of aliphatic hydroxyl groups is 1. The van der Waals surface area contributed by atoms with Crippen molar-refractivity contribution in [3.05, 3.63) is 39.9 Å². The van der Waals surface area contributed by atoms with Crippen molar-refractivity contribution in [2.45, 2.75) is 6.92 Å². The molecular formula is C9H8Cl2O. The Morgan fingerprint density at radius 3 is 2.50 bits per heavy atom. The van der Waals surface area contributed by atoms with Gasteiger partial charge in [0.25, 0.3) is 0 Å². The van der Waals surface area contributed by atoms with Crippen molar-refractivity contribution in [2.24, 2.45) is 0 Å². The molecule has 0 aliphatic carbocycles. The molecule has 0 radical (unpaired) electrons. The van der Waals surface area contributed by atoms with Gasteiger partial charge in [0.1, 0.15) is 5.76 Å². The molecule has 0 aromatic heterocycles. The molecule has 0 atom stereocenters. The van der Waals surface area contributed by atoms with Gasteiger partial charge in [0.05, 0.1) is 10.0 Å². The monoisotopic (exact) mass is 202 g/mol. The largest absolute Gasteiger partial charge is 0.508 e. The molecule has 0 fully saturated rings. The normalized spacial score (nSPS) is 11.8. The van der Waals surface area contributed by atoms with E-state index in [1.54, 1.807) is 31.2 Å². The summed E-state index contributed by atoms with van der Waals surface area (Å²) in [7, 11) is 0. The zero-order valence-corrected chi connectivity index (χ0v) is 8.02. The van der Waals surface area contributed by atoms with Crippen LogP contribution >= 0.6 is 23.2 Å². The van der Waals surface area contributed by atoms with Crippen LogP contribution in [0.1, 0.15) is 12.5 Å². The topological polar surface area (TPSA) is 20.2 Å². The Bertz CT molecular complexity index is 318. The van der Waals surface area contributed by atoms with E-state index in [0.29, 0.717) is 15.6 Å². The van der Waals surface area contributed by atoms with Crippen LogP contribution < -0.4 is 0 Å². The van der Waals surface area contributed by atoms with Gasteiger partial charge in [-0.05, 0) is 31.2 Å². The van der Waals surface area contributed by atoms with Gasteiger partial charge in [-0.1, -0.05) is 23.2 Å². The van der Waals surface area contributed by atoms with Crippen LogP contribution in [0.5, 0.6) is 0 Å². The molecule has 1 N–H and O–H groups in total. The lowest BCUT2D eigenvalue weighted by Crippen LogP contribution is -1.81. The van der Waals surface area contributed by atoms with E-state index in [2.05, 4.69) is 0 Å². The van der Waals surface area contributed by atoms with Gasteiger partial charge in [0, 0.05) is 5.56 Å². The summed E-state index contributed by atoms with van der Waals surface area (Å²) in [5, 5.41) is 10.2. The fourth-order valence-electron chi connectivity index (χ4n) is 0.822. The van der Waals surface area contributed by atoms with Crippen LogP contribution in [0.25, 0.3) is 5.76 Å². The van der Waals surface area contributed by atoms with Crippen molar-refractivity contribution < 1.29 is 5.11 Å². The summed E-state index contributed by atoms with van der Waals surface area (Å²) in [6, 6.07) is 4.99. The van der Waals surface area contributed by atoms with Crippen molar-refractivity contribution in [2.75, 3.05) is 0 Å². The number of halogens is 2. The minimum Gasteiger partial charge on any atom is -0.508 e. The first-order valence-corrected chi connectivity index (χ1v) is 4.21. The number of rotatable bonds is 1. The Labute approximate surface area is 81.2 Å². The molecule has 0 aliphatic heterocycles. The molecule has 0 aliphatic rings. The van der Waals surface area contributed by atoms with E-state index in [0.717, 1.165) is 0 Å². The van der Waals surface area contributed by atoms with Crippen molar-refractivity contribution in [3.63, 3.8) is 0 Å². The second kappa shape index (κ2) is 3.83. The molecule has 0 saturated carbocycles. The lowest BCUT2D eigenvalue weighted by atomic mass is 10.2. The number of benzene rings is 1. The summed E-state index contributed by atoms with van der Waals surface area (Å²) < 4.78 is 0. The maximum absolute atomic E-state index is 9.30. The Hall–Kier alpha value is -0.660. The second-order valence-corrected chi connectivity index (χ2v) is 3.12. The maximum Gasteiger partial charge on any atom is 0.118 e. The van der Waals surface area contributed by atoms with Gasteiger partial charge in [-0.25, -0.2) is 0 Å². The third kappa shape index (κ3) is 1.93. The number of hydrogen-bond acceptors (Lipinski definition) is 1. The molecule has 3 heteroatoms. The van der Waals surface area contributed by atoms with Gasteiger partial charge in [-0.2, -0.15) is 0 Å². The molecule has 0 heterocycles. The highest BCUT2D eigenvalue weighted by atomic mass is 35.5. The Morgan fingerprint density at radius 2 is 2.00 bits per heavy atom.